The Bertz CT molecular complexity index is 958. The number of hydrogen-bond acceptors (Lipinski definition) is 7. The molecule has 1 aliphatic heterocycles. The molecule has 0 bridgehead atoms. The monoisotopic (exact) mass is 405 g/mol. The van der Waals surface area contributed by atoms with Crippen molar-refractivity contribution in [2.45, 2.75) is 30.7 Å². The number of sulfonamides is 1. The summed E-state index contributed by atoms with van der Waals surface area (Å²) in [6.07, 6.45) is 5.02. The summed E-state index contributed by atoms with van der Waals surface area (Å²) in [5.41, 5.74) is 5.86. The molecule has 3 N–H and O–H groups in total. The van der Waals surface area contributed by atoms with Crippen LogP contribution in [0.3, 0.4) is 0 Å². The summed E-state index contributed by atoms with van der Waals surface area (Å²) in [7, 11) is -2.49. The summed E-state index contributed by atoms with van der Waals surface area (Å²) in [5.74, 6) is 0.0566. The van der Waals surface area contributed by atoms with Gasteiger partial charge in [0, 0.05) is 19.3 Å². The predicted octanol–water partition coefficient (Wildman–Crippen LogP) is 1.05. The van der Waals surface area contributed by atoms with E-state index in [0.717, 1.165) is 25.9 Å². The van der Waals surface area contributed by atoms with Gasteiger partial charge >= 0.3 is 0 Å². The number of amides is 1. The number of carbonyl (C=O) groups is 1. The van der Waals surface area contributed by atoms with Crippen LogP contribution in [0.25, 0.3) is 0 Å². The molecule has 0 radical (unpaired) electrons. The molecule has 0 atom stereocenters. The van der Waals surface area contributed by atoms with Crippen molar-refractivity contribution in [3.8, 4) is 5.75 Å². The van der Waals surface area contributed by atoms with Gasteiger partial charge in [0.1, 0.15) is 5.75 Å². The number of nitrogens with zero attached hydrogens (tertiary/aromatic N) is 3. The average Bonchev–Trinajstić information content (AvgIpc) is 2.72. The van der Waals surface area contributed by atoms with Crippen molar-refractivity contribution >= 4 is 21.9 Å². The molecule has 1 fully saturated rings. The van der Waals surface area contributed by atoms with E-state index >= 15 is 0 Å². The van der Waals surface area contributed by atoms with Crippen LogP contribution in [0, 0.1) is 0 Å². The molecule has 1 aromatic heterocycles. The standard InChI is InChI=1S/C18H23N5O4S/c1-27-16-6-5-14(11-15(16)17(19)24)28(25,26)21-12-13-7-8-20-18(22-13)23-9-3-2-4-10-23/h5-8,11,21H,2-4,9-10,12H2,1H3,(H2,19,24). The molecule has 0 saturated carbocycles. The van der Waals surface area contributed by atoms with Gasteiger partial charge in [-0.3, -0.25) is 4.79 Å². The number of rotatable bonds is 7. The lowest BCUT2D eigenvalue weighted by molar-refractivity contribution is 0.0997. The first kappa shape index (κ1) is 20.0. The summed E-state index contributed by atoms with van der Waals surface area (Å²) in [5, 5.41) is 0. The molecule has 0 aliphatic carbocycles. The molecule has 0 spiro atoms. The first-order valence-electron chi connectivity index (χ1n) is 8.95. The zero-order valence-corrected chi connectivity index (χ0v) is 16.4. The summed E-state index contributed by atoms with van der Waals surface area (Å²) in [4.78, 5) is 22.3. The highest BCUT2D eigenvalue weighted by molar-refractivity contribution is 7.89. The van der Waals surface area contributed by atoms with Crippen LogP contribution >= 0.6 is 0 Å². The van der Waals surface area contributed by atoms with Gasteiger partial charge < -0.3 is 15.4 Å². The number of benzene rings is 1. The predicted molar refractivity (Wildman–Crippen MR) is 104 cm³/mol. The van der Waals surface area contributed by atoms with E-state index in [-0.39, 0.29) is 22.8 Å². The minimum atomic E-state index is -3.86. The third kappa shape index (κ3) is 4.57. The molecule has 28 heavy (non-hydrogen) atoms. The number of methoxy groups -OCH3 is 1. The van der Waals surface area contributed by atoms with Gasteiger partial charge in [0.05, 0.1) is 29.8 Å². The average molecular weight is 405 g/mol. The maximum absolute atomic E-state index is 12.6. The van der Waals surface area contributed by atoms with Crippen molar-refractivity contribution in [2.75, 3.05) is 25.1 Å². The lowest BCUT2D eigenvalue weighted by atomic mass is 10.1. The van der Waals surface area contributed by atoms with Crippen LogP contribution in [0.2, 0.25) is 0 Å². The Morgan fingerprint density at radius 3 is 2.68 bits per heavy atom. The third-order valence-electron chi connectivity index (χ3n) is 4.53. The van der Waals surface area contributed by atoms with Gasteiger partial charge in [0.15, 0.2) is 0 Å². The second kappa shape index (κ2) is 8.53. The van der Waals surface area contributed by atoms with Crippen molar-refractivity contribution in [3.05, 3.63) is 41.7 Å². The SMILES string of the molecule is COc1ccc(S(=O)(=O)NCc2ccnc(N3CCCCC3)n2)cc1C(N)=O. The minimum Gasteiger partial charge on any atom is -0.496 e. The van der Waals surface area contributed by atoms with E-state index in [4.69, 9.17) is 10.5 Å². The summed E-state index contributed by atoms with van der Waals surface area (Å²) >= 11 is 0. The first-order valence-corrected chi connectivity index (χ1v) is 10.4. The Labute approximate surface area is 164 Å². The van der Waals surface area contributed by atoms with Gasteiger partial charge in [-0.2, -0.15) is 0 Å². The highest BCUT2D eigenvalue weighted by Crippen LogP contribution is 2.22. The molecule has 1 saturated heterocycles. The Hall–Kier alpha value is -2.72. The Balaban J connectivity index is 1.75. The van der Waals surface area contributed by atoms with Gasteiger partial charge in [-0.05, 0) is 43.5 Å². The van der Waals surface area contributed by atoms with E-state index in [1.165, 1.54) is 31.7 Å². The molecule has 2 heterocycles. The van der Waals surface area contributed by atoms with E-state index < -0.39 is 15.9 Å². The Morgan fingerprint density at radius 1 is 1.25 bits per heavy atom. The Morgan fingerprint density at radius 2 is 2.00 bits per heavy atom. The van der Waals surface area contributed by atoms with Gasteiger partial charge in [-0.1, -0.05) is 0 Å². The maximum atomic E-state index is 12.6. The fourth-order valence-corrected chi connectivity index (χ4v) is 4.05. The van der Waals surface area contributed by atoms with Gasteiger partial charge in [-0.25, -0.2) is 23.1 Å². The second-order valence-corrected chi connectivity index (χ2v) is 8.21. The normalized spacial score (nSPS) is 14.7. The third-order valence-corrected chi connectivity index (χ3v) is 5.93. The quantitative estimate of drug-likeness (QED) is 0.705. The lowest BCUT2D eigenvalue weighted by Gasteiger charge is -2.26. The molecule has 10 heteroatoms. The summed E-state index contributed by atoms with van der Waals surface area (Å²) in [6, 6.07) is 5.61. The van der Waals surface area contributed by atoms with Crippen LogP contribution in [0.5, 0.6) is 5.75 Å². The molecular formula is C18H23N5O4S. The molecule has 3 rings (SSSR count). The minimum absolute atomic E-state index is 0.000189. The van der Waals surface area contributed by atoms with Crippen LogP contribution in [0.15, 0.2) is 35.4 Å². The van der Waals surface area contributed by atoms with Crippen molar-refractivity contribution in [1.29, 1.82) is 0 Å². The van der Waals surface area contributed by atoms with Gasteiger partial charge in [0.2, 0.25) is 16.0 Å². The first-order chi connectivity index (χ1) is 13.4. The molecule has 150 valence electrons. The van der Waals surface area contributed by atoms with E-state index in [2.05, 4.69) is 19.6 Å². The second-order valence-electron chi connectivity index (χ2n) is 6.45. The largest absolute Gasteiger partial charge is 0.496 e. The van der Waals surface area contributed by atoms with Crippen LogP contribution in [-0.4, -0.2) is 44.5 Å². The number of primary amides is 1. The summed E-state index contributed by atoms with van der Waals surface area (Å²) in [6.45, 7) is 1.80. The highest BCUT2D eigenvalue weighted by atomic mass is 32.2. The molecule has 9 nitrogen and oxygen atoms in total. The van der Waals surface area contributed by atoms with Gasteiger partial charge in [-0.15, -0.1) is 0 Å². The molecule has 2 aromatic rings. The number of nitrogens with one attached hydrogen (secondary N) is 1. The number of aromatic nitrogens is 2. The maximum Gasteiger partial charge on any atom is 0.252 e. The molecule has 1 aliphatic rings. The van der Waals surface area contributed by atoms with E-state index in [1.807, 2.05) is 0 Å². The van der Waals surface area contributed by atoms with Crippen molar-refractivity contribution in [1.82, 2.24) is 14.7 Å². The van der Waals surface area contributed by atoms with Crippen molar-refractivity contribution in [2.24, 2.45) is 5.73 Å². The fourth-order valence-electron chi connectivity index (χ4n) is 3.03. The number of anilines is 1. The topological polar surface area (TPSA) is 128 Å². The number of nitrogens with two attached hydrogens (primary N) is 1. The van der Waals surface area contributed by atoms with Crippen molar-refractivity contribution < 1.29 is 17.9 Å². The fraction of sp³-hybridized carbons (Fsp3) is 0.389. The smallest absolute Gasteiger partial charge is 0.252 e. The Kier molecular flexibility index (Phi) is 6.10. The lowest BCUT2D eigenvalue weighted by Crippen LogP contribution is -2.31. The molecule has 1 aromatic carbocycles. The summed E-state index contributed by atoms with van der Waals surface area (Å²) < 4.78 is 32.7. The van der Waals surface area contributed by atoms with Crippen LogP contribution in [0.4, 0.5) is 5.95 Å². The number of hydrogen-bond donors (Lipinski definition) is 2. The van der Waals surface area contributed by atoms with Crippen LogP contribution in [-0.2, 0) is 16.6 Å². The van der Waals surface area contributed by atoms with E-state index in [1.54, 1.807) is 12.3 Å². The number of piperidine rings is 1. The van der Waals surface area contributed by atoms with Crippen LogP contribution in [0.1, 0.15) is 35.3 Å². The molecule has 1 amide bonds. The highest BCUT2D eigenvalue weighted by Gasteiger charge is 2.19. The zero-order valence-electron chi connectivity index (χ0n) is 15.6. The molecular weight excluding hydrogens is 382 g/mol. The van der Waals surface area contributed by atoms with Crippen LogP contribution < -0.4 is 20.1 Å². The molecule has 0 unspecified atom stereocenters. The number of ether oxygens (including phenoxy) is 1. The number of carbonyl (C=O) groups excluding carboxylic acids is 1. The van der Waals surface area contributed by atoms with Crippen molar-refractivity contribution in [3.63, 3.8) is 0 Å². The van der Waals surface area contributed by atoms with E-state index in [0.29, 0.717) is 11.6 Å². The van der Waals surface area contributed by atoms with Gasteiger partial charge in [0.25, 0.3) is 5.91 Å². The zero-order chi connectivity index (χ0) is 20.1. The van der Waals surface area contributed by atoms with E-state index in [9.17, 15) is 13.2 Å².